The van der Waals surface area contributed by atoms with Crippen LogP contribution in [-0.4, -0.2) is 9.97 Å². The smallest absolute Gasteiger partial charge is 0.163 e. The molecule has 3 rings (SSSR count). The van der Waals surface area contributed by atoms with Gasteiger partial charge in [-0.05, 0) is 37.6 Å². The van der Waals surface area contributed by atoms with Crippen LogP contribution in [0.1, 0.15) is 11.1 Å². The molecule has 1 aromatic heterocycles. The number of nitrogens with two attached hydrogens (primary N) is 1. The number of nitrogens with zero attached hydrogens (tertiary/aromatic N) is 2. The Hall–Kier alpha value is -2.13. The molecule has 2 aromatic carbocycles. The molecule has 4 heteroatoms. The Morgan fingerprint density at radius 2 is 1.85 bits per heavy atom. The second-order valence-corrected chi connectivity index (χ2v) is 5.27. The van der Waals surface area contributed by atoms with Crippen molar-refractivity contribution in [1.29, 1.82) is 0 Å². The molecule has 0 fully saturated rings. The van der Waals surface area contributed by atoms with Crippen molar-refractivity contribution in [3.63, 3.8) is 0 Å². The lowest BCUT2D eigenvalue weighted by atomic mass is 10.1. The molecule has 0 aliphatic heterocycles. The minimum atomic E-state index is 0.478. The Morgan fingerprint density at radius 3 is 2.65 bits per heavy atom. The summed E-state index contributed by atoms with van der Waals surface area (Å²) in [7, 11) is 0. The van der Waals surface area contributed by atoms with Crippen molar-refractivity contribution in [3.8, 4) is 11.4 Å². The van der Waals surface area contributed by atoms with Crippen LogP contribution in [0, 0.1) is 13.8 Å². The van der Waals surface area contributed by atoms with E-state index in [-0.39, 0.29) is 0 Å². The quantitative estimate of drug-likeness (QED) is 0.730. The molecule has 3 nitrogen and oxygen atoms in total. The van der Waals surface area contributed by atoms with Gasteiger partial charge < -0.3 is 5.73 Å². The molecule has 0 aliphatic rings. The molecule has 0 spiro atoms. The van der Waals surface area contributed by atoms with Gasteiger partial charge in [0, 0.05) is 10.9 Å². The van der Waals surface area contributed by atoms with E-state index in [9.17, 15) is 0 Å². The van der Waals surface area contributed by atoms with E-state index in [1.165, 1.54) is 0 Å². The average molecular weight is 284 g/mol. The first-order chi connectivity index (χ1) is 9.56. The van der Waals surface area contributed by atoms with E-state index in [0.717, 1.165) is 27.6 Å². The molecule has 0 unspecified atom stereocenters. The number of halogens is 1. The van der Waals surface area contributed by atoms with E-state index in [0.29, 0.717) is 16.7 Å². The first kappa shape index (κ1) is 12.9. The Bertz CT molecular complexity index is 812. The van der Waals surface area contributed by atoms with Gasteiger partial charge in [0.1, 0.15) is 5.82 Å². The SMILES string of the molecule is Cc1ccc2nc(-c3cccc(C)c3Cl)nc(N)c2c1. The maximum atomic E-state index is 6.34. The standard InChI is InChI=1S/C16H14ClN3/c1-9-6-7-13-12(8-9)15(18)20-16(19-13)11-5-3-4-10(2)14(11)17/h3-8H,1-2H3,(H2,18,19,20). The second-order valence-electron chi connectivity index (χ2n) is 4.89. The number of rotatable bonds is 1. The fraction of sp³-hybridized carbons (Fsp3) is 0.125. The number of hydrogen-bond acceptors (Lipinski definition) is 3. The first-order valence-corrected chi connectivity index (χ1v) is 6.73. The normalized spacial score (nSPS) is 10.9. The molecule has 0 aliphatic carbocycles. The molecule has 1 heterocycles. The summed E-state index contributed by atoms with van der Waals surface area (Å²) in [5, 5.41) is 1.54. The molecule has 0 atom stereocenters. The molecule has 3 aromatic rings. The summed E-state index contributed by atoms with van der Waals surface area (Å²) >= 11 is 6.34. The summed E-state index contributed by atoms with van der Waals surface area (Å²) in [5.41, 5.74) is 9.82. The largest absolute Gasteiger partial charge is 0.383 e. The number of aromatic nitrogens is 2. The van der Waals surface area contributed by atoms with Gasteiger partial charge in [0.05, 0.1) is 10.5 Å². The molecule has 0 bridgehead atoms. The highest BCUT2D eigenvalue weighted by atomic mass is 35.5. The third-order valence-corrected chi connectivity index (χ3v) is 3.82. The lowest BCUT2D eigenvalue weighted by Crippen LogP contribution is -1.98. The minimum Gasteiger partial charge on any atom is -0.383 e. The van der Waals surface area contributed by atoms with Gasteiger partial charge >= 0.3 is 0 Å². The van der Waals surface area contributed by atoms with Gasteiger partial charge in [-0.2, -0.15) is 0 Å². The molecular formula is C16H14ClN3. The van der Waals surface area contributed by atoms with Gasteiger partial charge in [-0.1, -0.05) is 35.4 Å². The number of benzene rings is 2. The van der Waals surface area contributed by atoms with Crippen molar-refractivity contribution < 1.29 is 0 Å². The summed E-state index contributed by atoms with van der Waals surface area (Å²) in [6.45, 7) is 3.98. The van der Waals surface area contributed by atoms with Crippen LogP contribution in [0.25, 0.3) is 22.3 Å². The molecule has 0 saturated heterocycles. The fourth-order valence-corrected chi connectivity index (χ4v) is 2.42. The van der Waals surface area contributed by atoms with Crippen LogP contribution < -0.4 is 5.73 Å². The highest BCUT2D eigenvalue weighted by Crippen LogP contribution is 2.30. The number of anilines is 1. The molecular weight excluding hydrogens is 270 g/mol. The van der Waals surface area contributed by atoms with Crippen molar-refractivity contribution in [3.05, 3.63) is 52.5 Å². The van der Waals surface area contributed by atoms with Gasteiger partial charge in [0.2, 0.25) is 0 Å². The van der Waals surface area contributed by atoms with Crippen LogP contribution in [0.3, 0.4) is 0 Å². The summed E-state index contributed by atoms with van der Waals surface area (Å²) < 4.78 is 0. The zero-order valence-electron chi connectivity index (χ0n) is 11.3. The number of aryl methyl sites for hydroxylation is 2. The topological polar surface area (TPSA) is 51.8 Å². The summed E-state index contributed by atoms with van der Waals surface area (Å²) in [5.74, 6) is 1.04. The zero-order chi connectivity index (χ0) is 14.3. The van der Waals surface area contributed by atoms with E-state index in [1.807, 2.05) is 50.2 Å². The van der Waals surface area contributed by atoms with Gasteiger partial charge in [-0.15, -0.1) is 0 Å². The van der Waals surface area contributed by atoms with Crippen molar-refractivity contribution >= 4 is 28.3 Å². The van der Waals surface area contributed by atoms with Crippen molar-refractivity contribution in [2.24, 2.45) is 0 Å². The third-order valence-electron chi connectivity index (χ3n) is 3.31. The lowest BCUT2D eigenvalue weighted by molar-refractivity contribution is 1.23. The first-order valence-electron chi connectivity index (χ1n) is 6.35. The van der Waals surface area contributed by atoms with Gasteiger partial charge in [-0.25, -0.2) is 9.97 Å². The number of hydrogen-bond donors (Lipinski definition) is 1. The van der Waals surface area contributed by atoms with Gasteiger partial charge in [0.15, 0.2) is 5.82 Å². The van der Waals surface area contributed by atoms with E-state index in [2.05, 4.69) is 9.97 Å². The van der Waals surface area contributed by atoms with Crippen LogP contribution in [0.15, 0.2) is 36.4 Å². The second kappa shape index (κ2) is 4.76. The predicted octanol–water partition coefficient (Wildman–Crippen LogP) is 4.15. The van der Waals surface area contributed by atoms with E-state index < -0.39 is 0 Å². The molecule has 20 heavy (non-hydrogen) atoms. The average Bonchev–Trinajstić information content (AvgIpc) is 2.42. The number of nitrogen functional groups attached to an aromatic ring is 1. The Morgan fingerprint density at radius 1 is 1.05 bits per heavy atom. The Kier molecular flexibility index (Phi) is 3.07. The van der Waals surface area contributed by atoms with Crippen LogP contribution >= 0.6 is 11.6 Å². The van der Waals surface area contributed by atoms with Gasteiger partial charge in [-0.3, -0.25) is 0 Å². The predicted molar refractivity (Wildman–Crippen MR) is 83.9 cm³/mol. The number of fused-ring (bicyclic) bond motifs is 1. The summed E-state index contributed by atoms with van der Waals surface area (Å²) in [6.07, 6.45) is 0. The highest BCUT2D eigenvalue weighted by Gasteiger charge is 2.11. The molecule has 2 N–H and O–H groups in total. The van der Waals surface area contributed by atoms with Crippen LogP contribution in [-0.2, 0) is 0 Å². The molecule has 0 saturated carbocycles. The van der Waals surface area contributed by atoms with Gasteiger partial charge in [0.25, 0.3) is 0 Å². The molecule has 0 radical (unpaired) electrons. The summed E-state index contributed by atoms with van der Waals surface area (Å²) in [4.78, 5) is 8.97. The van der Waals surface area contributed by atoms with Crippen LogP contribution in [0.4, 0.5) is 5.82 Å². The van der Waals surface area contributed by atoms with E-state index in [1.54, 1.807) is 0 Å². The monoisotopic (exact) mass is 283 g/mol. The maximum absolute atomic E-state index is 6.34. The fourth-order valence-electron chi connectivity index (χ4n) is 2.21. The zero-order valence-corrected chi connectivity index (χ0v) is 12.1. The highest BCUT2D eigenvalue weighted by molar-refractivity contribution is 6.34. The van der Waals surface area contributed by atoms with Crippen molar-refractivity contribution in [1.82, 2.24) is 9.97 Å². The summed E-state index contributed by atoms with van der Waals surface area (Å²) in [6, 6.07) is 11.8. The van der Waals surface area contributed by atoms with Crippen molar-refractivity contribution in [2.75, 3.05) is 5.73 Å². The maximum Gasteiger partial charge on any atom is 0.163 e. The van der Waals surface area contributed by atoms with Crippen LogP contribution in [0.2, 0.25) is 5.02 Å². The lowest BCUT2D eigenvalue weighted by Gasteiger charge is -2.08. The molecule has 0 amide bonds. The third kappa shape index (κ3) is 2.10. The molecule has 100 valence electrons. The van der Waals surface area contributed by atoms with E-state index >= 15 is 0 Å². The van der Waals surface area contributed by atoms with E-state index in [4.69, 9.17) is 17.3 Å². The van der Waals surface area contributed by atoms with Crippen molar-refractivity contribution in [2.45, 2.75) is 13.8 Å². The Labute approximate surface area is 122 Å². The minimum absolute atomic E-state index is 0.478. The van der Waals surface area contributed by atoms with Crippen LogP contribution in [0.5, 0.6) is 0 Å². The Balaban J connectivity index is 2.28.